The first-order valence-corrected chi connectivity index (χ1v) is 15.9. The van der Waals surface area contributed by atoms with Crippen LogP contribution in [0.2, 0.25) is 0 Å². The fourth-order valence-corrected chi connectivity index (χ4v) is 7.25. The molecule has 0 heterocycles. The van der Waals surface area contributed by atoms with Crippen molar-refractivity contribution >= 4 is 43.1 Å². The van der Waals surface area contributed by atoms with E-state index in [0.29, 0.717) is 0 Å². The standard InChI is InChI=1S/C46H30/c1-3-14-33(15-4-1)45-42-27-25-38(40-21-11-19-32-13-9-10-20-39(32)40)30-44(42)46(34-16-5-2-6-17-34)41-26-24-37(29-43(41)45)36-23-22-31-12-7-8-18-35(31)28-36/h1-30H. The van der Waals surface area contributed by atoms with E-state index in [1.165, 1.54) is 87.6 Å². The molecule has 0 aliphatic carbocycles. The van der Waals surface area contributed by atoms with E-state index < -0.39 is 0 Å². The van der Waals surface area contributed by atoms with E-state index in [2.05, 4.69) is 182 Å². The molecule has 0 aliphatic rings. The topological polar surface area (TPSA) is 0 Å². The average Bonchev–Trinajstić information content (AvgIpc) is 3.13. The SMILES string of the molecule is c1ccc(-c2c3ccc(-c4cccc5ccccc45)cc3c(-c3ccccc3)c3ccc(-c4ccc5ccccc5c4)cc23)cc1. The summed E-state index contributed by atoms with van der Waals surface area (Å²) in [5, 5.41) is 10.1. The molecule has 0 atom stereocenters. The fraction of sp³-hybridized carbons (Fsp3) is 0. The Morgan fingerprint density at radius 1 is 0.217 bits per heavy atom. The van der Waals surface area contributed by atoms with Crippen molar-refractivity contribution in [2.24, 2.45) is 0 Å². The van der Waals surface area contributed by atoms with Gasteiger partial charge < -0.3 is 0 Å². The lowest BCUT2D eigenvalue weighted by Gasteiger charge is -2.20. The molecular formula is C46H30. The summed E-state index contributed by atoms with van der Waals surface area (Å²) in [6.07, 6.45) is 0. The molecule has 0 fully saturated rings. The highest BCUT2D eigenvalue weighted by atomic mass is 14.2. The summed E-state index contributed by atoms with van der Waals surface area (Å²) in [6, 6.07) is 66.6. The van der Waals surface area contributed by atoms with E-state index in [1.54, 1.807) is 0 Å². The van der Waals surface area contributed by atoms with Gasteiger partial charge in [-0.2, -0.15) is 0 Å². The molecule has 0 heteroatoms. The Morgan fingerprint density at radius 2 is 0.717 bits per heavy atom. The predicted octanol–water partition coefficient (Wildman–Crippen LogP) is 13.0. The van der Waals surface area contributed by atoms with E-state index in [9.17, 15) is 0 Å². The summed E-state index contributed by atoms with van der Waals surface area (Å²) in [4.78, 5) is 0. The first-order chi connectivity index (χ1) is 22.8. The molecule has 0 aromatic heterocycles. The highest BCUT2D eigenvalue weighted by Gasteiger charge is 2.19. The lowest BCUT2D eigenvalue weighted by Crippen LogP contribution is -1.93. The number of hydrogen-bond donors (Lipinski definition) is 0. The lowest BCUT2D eigenvalue weighted by molar-refractivity contribution is 1.63. The smallest absolute Gasteiger partial charge is 0.00261 e. The van der Waals surface area contributed by atoms with E-state index in [4.69, 9.17) is 0 Å². The van der Waals surface area contributed by atoms with E-state index in [1.807, 2.05) is 0 Å². The number of fused-ring (bicyclic) bond motifs is 4. The third-order valence-electron chi connectivity index (χ3n) is 9.42. The highest BCUT2D eigenvalue weighted by molar-refractivity contribution is 6.22. The first kappa shape index (κ1) is 26.4. The van der Waals surface area contributed by atoms with Crippen LogP contribution < -0.4 is 0 Å². The molecule has 9 rings (SSSR count). The second-order valence-corrected chi connectivity index (χ2v) is 12.1. The molecule has 0 unspecified atom stereocenters. The van der Waals surface area contributed by atoms with Crippen LogP contribution in [0.5, 0.6) is 0 Å². The zero-order valence-electron chi connectivity index (χ0n) is 25.3. The summed E-state index contributed by atoms with van der Waals surface area (Å²) in [5.74, 6) is 0. The van der Waals surface area contributed by atoms with Crippen molar-refractivity contribution in [3.05, 3.63) is 182 Å². The van der Waals surface area contributed by atoms with Crippen LogP contribution >= 0.6 is 0 Å². The third-order valence-corrected chi connectivity index (χ3v) is 9.42. The van der Waals surface area contributed by atoms with Crippen LogP contribution in [0.1, 0.15) is 0 Å². The van der Waals surface area contributed by atoms with Crippen LogP contribution in [0.25, 0.3) is 87.6 Å². The molecule has 0 bridgehead atoms. The van der Waals surface area contributed by atoms with Crippen LogP contribution in [-0.2, 0) is 0 Å². The molecule has 46 heavy (non-hydrogen) atoms. The first-order valence-electron chi connectivity index (χ1n) is 15.9. The van der Waals surface area contributed by atoms with Gasteiger partial charge in [-0.05, 0) is 106 Å². The van der Waals surface area contributed by atoms with Crippen molar-refractivity contribution in [2.75, 3.05) is 0 Å². The molecule has 9 aromatic rings. The van der Waals surface area contributed by atoms with E-state index in [0.717, 1.165) is 0 Å². The number of hydrogen-bond acceptors (Lipinski definition) is 0. The van der Waals surface area contributed by atoms with Gasteiger partial charge in [0.05, 0.1) is 0 Å². The van der Waals surface area contributed by atoms with Gasteiger partial charge >= 0.3 is 0 Å². The van der Waals surface area contributed by atoms with Gasteiger partial charge in [-0.1, -0.05) is 164 Å². The Morgan fingerprint density at radius 3 is 1.41 bits per heavy atom. The van der Waals surface area contributed by atoms with Crippen molar-refractivity contribution in [3.63, 3.8) is 0 Å². The van der Waals surface area contributed by atoms with Crippen molar-refractivity contribution in [3.8, 4) is 44.5 Å². The number of benzene rings is 9. The van der Waals surface area contributed by atoms with E-state index in [-0.39, 0.29) is 0 Å². The van der Waals surface area contributed by atoms with Crippen LogP contribution in [0.15, 0.2) is 182 Å². The Kier molecular flexibility index (Phi) is 6.25. The summed E-state index contributed by atoms with van der Waals surface area (Å²) >= 11 is 0. The van der Waals surface area contributed by atoms with E-state index >= 15 is 0 Å². The summed E-state index contributed by atoms with van der Waals surface area (Å²) in [6.45, 7) is 0. The molecule has 0 N–H and O–H groups in total. The molecule has 0 aliphatic heterocycles. The van der Waals surface area contributed by atoms with Crippen LogP contribution in [0.3, 0.4) is 0 Å². The predicted molar refractivity (Wildman–Crippen MR) is 198 cm³/mol. The second-order valence-electron chi connectivity index (χ2n) is 12.1. The quantitative estimate of drug-likeness (QED) is 0.181. The van der Waals surface area contributed by atoms with Crippen LogP contribution in [0, 0.1) is 0 Å². The lowest BCUT2D eigenvalue weighted by atomic mass is 9.83. The molecule has 0 saturated carbocycles. The minimum Gasteiger partial charge on any atom is -0.0622 e. The van der Waals surface area contributed by atoms with Gasteiger partial charge in [-0.3, -0.25) is 0 Å². The molecule has 0 spiro atoms. The fourth-order valence-electron chi connectivity index (χ4n) is 7.25. The molecule has 0 amide bonds. The molecule has 0 nitrogen and oxygen atoms in total. The Hall–Kier alpha value is -5.98. The maximum atomic E-state index is 2.42. The van der Waals surface area contributed by atoms with Gasteiger partial charge in [0.2, 0.25) is 0 Å². The van der Waals surface area contributed by atoms with Crippen molar-refractivity contribution in [1.29, 1.82) is 0 Å². The van der Waals surface area contributed by atoms with Gasteiger partial charge in [-0.15, -0.1) is 0 Å². The molecule has 214 valence electrons. The zero-order valence-corrected chi connectivity index (χ0v) is 25.3. The monoisotopic (exact) mass is 582 g/mol. The summed E-state index contributed by atoms with van der Waals surface area (Å²) < 4.78 is 0. The largest absolute Gasteiger partial charge is 0.0622 e. The molecule has 9 aromatic carbocycles. The van der Waals surface area contributed by atoms with Gasteiger partial charge in [-0.25, -0.2) is 0 Å². The van der Waals surface area contributed by atoms with Crippen molar-refractivity contribution in [1.82, 2.24) is 0 Å². The van der Waals surface area contributed by atoms with Crippen molar-refractivity contribution in [2.45, 2.75) is 0 Å². The van der Waals surface area contributed by atoms with Gasteiger partial charge in [0, 0.05) is 0 Å². The van der Waals surface area contributed by atoms with Crippen LogP contribution in [-0.4, -0.2) is 0 Å². The summed E-state index contributed by atoms with van der Waals surface area (Å²) in [5.41, 5.74) is 9.94. The highest BCUT2D eigenvalue weighted by Crippen LogP contribution is 2.46. The maximum Gasteiger partial charge on any atom is -0.00261 e. The Bertz CT molecular complexity index is 2550. The Labute approximate surface area is 268 Å². The van der Waals surface area contributed by atoms with Gasteiger partial charge in [0.1, 0.15) is 0 Å². The second kappa shape index (κ2) is 10.9. The zero-order chi connectivity index (χ0) is 30.5. The minimum atomic E-state index is 1.22. The third kappa shape index (κ3) is 4.38. The summed E-state index contributed by atoms with van der Waals surface area (Å²) in [7, 11) is 0. The van der Waals surface area contributed by atoms with Gasteiger partial charge in [0.25, 0.3) is 0 Å². The van der Waals surface area contributed by atoms with Crippen molar-refractivity contribution < 1.29 is 0 Å². The van der Waals surface area contributed by atoms with Crippen LogP contribution in [0.4, 0.5) is 0 Å². The molecule has 0 saturated heterocycles. The molecule has 0 radical (unpaired) electrons. The molecular weight excluding hydrogens is 553 g/mol. The number of rotatable bonds is 4. The maximum absolute atomic E-state index is 2.42. The van der Waals surface area contributed by atoms with Gasteiger partial charge in [0.15, 0.2) is 0 Å². The normalized spacial score (nSPS) is 11.5. The Balaban J connectivity index is 1.39. The minimum absolute atomic E-state index is 1.22. The average molecular weight is 583 g/mol.